The normalized spacial score (nSPS) is 27.1. The Bertz CT molecular complexity index is 1080. The molecule has 3 atom stereocenters. The van der Waals surface area contributed by atoms with Gasteiger partial charge in [0.25, 0.3) is 0 Å². The second-order valence-corrected chi connectivity index (χ2v) is 9.50. The average Bonchev–Trinajstić information content (AvgIpc) is 3.48. The van der Waals surface area contributed by atoms with Crippen molar-refractivity contribution in [3.63, 3.8) is 0 Å². The Labute approximate surface area is 187 Å². The number of carbonyl (C=O) groups is 1. The summed E-state index contributed by atoms with van der Waals surface area (Å²) in [5.74, 6) is -1.19. The molecule has 1 saturated carbocycles. The zero-order valence-electron chi connectivity index (χ0n) is 16.4. The fourth-order valence-electron chi connectivity index (χ4n) is 4.18. The number of benzene rings is 1. The van der Waals surface area contributed by atoms with Gasteiger partial charge in [0, 0.05) is 28.8 Å². The van der Waals surface area contributed by atoms with Crippen molar-refractivity contribution < 1.29 is 18.7 Å². The van der Waals surface area contributed by atoms with Gasteiger partial charge < -0.3 is 10.8 Å². The maximum Gasteiger partial charge on any atom is 0.185 e. The highest BCUT2D eigenvalue weighted by Crippen LogP contribution is 2.66. The number of fused-ring (bicyclic) bond motifs is 1. The molecule has 0 bridgehead atoms. The molecule has 1 fully saturated rings. The number of halogens is 3. The predicted octanol–water partition coefficient (Wildman–Crippen LogP) is 3.83. The first kappa shape index (κ1) is 21.9. The van der Waals surface area contributed by atoms with E-state index in [-0.39, 0.29) is 41.2 Å². The summed E-state index contributed by atoms with van der Waals surface area (Å²) in [5.41, 5.74) is 5.38. The van der Waals surface area contributed by atoms with Crippen LogP contribution in [0.5, 0.6) is 0 Å². The second-order valence-electron chi connectivity index (χ2n) is 7.68. The smallest absolute Gasteiger partial charge is 0.185 e. The van der Waals surface area contributed by atoms with E-state index in [1.54, 1.807) is 18.2 Å². The predicted molar refractivity (Wildman–Crippen MR) is 118 cm³/mol. The van der Waals surface area contributed by atoms with Crippen LogP contribution in [0.15, 0.2) is 53.7 Å². The molecule has 1 aromatic carbocycles. The number of aromatic nitrogens is 1. The lowest BCUT2D eigenvalue weighted by atomic mass is 9.83. The van der Waals surface area contributed by atoms with Crippen molar-refractivity contribution in [1.82, 2.24) is 4.98 Å². The van der Waals surface area contributed by atoms with Crippen molar-refractivity contribution in [2.45, 2.75) is 23.1 Å². The topological polar surface area (TPSA) is 88.6 Å². The minimum atomic E-state index is -1.48. The summed E-state index contributed by atoms with van der Waals surface area (Å²) in [5, 5.41) is 9.72. The lowest BCUT2D eigenvalue weighted by molar-refractivity contribution is 0.0988. The zero-order valence-corrected chi connectivity index (χ0v) is 18.0. The number of ketones is 1. The highest BCUT2D eigenvalue weighted by molar-refractivity contribution is 8.15. The molecule has 162 valence electrons. The number of amidine groups is 1. The van der Waals surface area contributed by atoms with Crippen LogP contribution in [0.2, 0.25) is 5.02 Å². The highest BCUT2D eigenvalue weighted by atomic mass is 35.5. The summed E-state index contributed by atoms with van der Waals surface area (Å²) < 4.78 is 28.9. The van der Waals surface area contributed by atoms with Gasteiger partial charge in [-0.25, -0.2) is 13.8 Å². The molecule has 1 aromatic heterocycles. The SMILES string of the molecule is NC1=N[C@](CF)(c2cc(CC(=O)c3ccc(Cl)cn3)ccc2F)[C@@H]2C[C@]2(/C=C/CO)S1. The van der Waals surface area contributed by atoms with Crippen molar-refractivity contribution in [2.24, 2.45) is 16.6 Å². The molecular weight excluding hydrogens is 444 g/mol. The molecule has 2 aliphatic rings. The van der Waals surface area contributed by atoms with Crippen LogP contribution in [-0.2, 0) is 12.0 Å². The van der Waals surface area contributed by atoms with E-state index >= 15 is 0 Å². The van der Waals surface area contributed by atoms with Crippen molar-refractivity contribution in [2.75, 3.05) is 13.3 Å². The first-order valence-corrected chi connectivity index (χ1v) is 10.9. The van der Waals surface area contributed by atoms with E-state index in [1.807, 2.05) is 0 Å². The van der Waals surface area contributed by atoms with Crippen LogP contribution in [0.3, 0.4) is 0 Å². The Balaban J connectivity index is 1.69. The van der Waals surface area contributed by atoms with Crippen LogP contribution in [0.4, 0.5) is 8.78 Å². The third-order valence-electron chi connectivity index (χ3n) is 5.72. The monoisotopic (exact) mass is 463 g/mol. The Kier molecular flexibility index (Phi) is 5.89. The number of aliphatic imine (C=N–C) groups is 1. The van der Waals surface area contributed by atoms with Gasteiger partial charge in [0.1, 0.15) is 23.7 Å². The fraction of sp³-hybridized carbons (Fsp3) is 0.318. The molecule has 1 aliphatic carbocycles. The van der Waals surface area contributed by atoms with Crippen LogP contribution < -0.4 is 5.73 Å². The lowest BCUT2D eigenvalue weighted by Crippen LogP contribution is -2.39. The standard InChI is InChI=1S/C22H20ClF2N3O2S/c23-14-3-5-17(27-11-14)18(30)9-13-2-4-16(25)15(8-13)22(12-24)19-10-21(19,6-1-7-29)31-20(26)28-22/h1-6,8,11,19,29H,7,9-10,12H2,(H2,26,28)/b6-1+/t19-,21+,22-/m1/s1. The third-order valence-corrected chi connectivity index (χ3v) is 7.21. The minimum Gasteiger partial charge on any atom is -0.392 e. The molecule has 0 saturated heterocycles. The molecular formula is C22H20ClF2N3O2S. The molecule has 1 aliphatic heterocycles. The second kappa shape index (κ2) is 8.33. The number of aliphatic hydroxyl groups is 1. The van der Waals surface area contributed by atoms with Gasteiger partial charge in [-0.15, -0.1) is 0 Å². The van der Waals surface area contributed by atoms with E-state index in [9.17, 15) is 13.6 Å². The number of rotatable bonds is 7. The number of alkyl halides is 1. The highest BCUT2D eigenvalue weighted by Gasteiger charge is 2.67. The summed E-state index contributed by atoms with van der Waals surface area (Å²) in [6, 6.07) is 7.31. The Morgan fingerprint density at radius 3 is 2.87 bits per heavy atom. The quantitative estimate of drug-likeness (QED) is 0.481. The largest absolute Gasteiger partial charge is 0.392 e. The van der Waals surface area contributed by atoms with E-state index in [0.717, 1.165) is 0 Å². The number of thioether (sulfide) groups is 1. The average molecular weight is 464 g/mol. The van der Waals surface area contributed by atoms with Gasteiger partial charge >= 0.3 is 0 Å². The van der Waals surface area contributed by atoms with Crippen molar-refractivity contribution in [3.8, 4) is 0 Å². The first-order chi connectivity index (χ1) is 14.8. The summed E-state index contributed by atoms with van der Waals surface area (Å²) in [7, 11) is 0. The molecule has 9 heteroatoms. The van der Waals surface area contributed by atoms with Crippen LogP contribution in [0.25, 0.3) is 0 Å². The van der Waals surface area contributed by atoms with Gasteiger partial charge in [-0.1, -0.05) is 41.6 Å². The Hall–Kier alpha value is -2.29. The maximum absolute atomic E-state index is 14.9. The van der Waals surface area contributed by atoms with E-state index in [4.69, 9.17) is 22.4 Å². The third kappa shape index (κ3) is 4.00. The fourth-order valence-corrected chi connectivity index (χ4v) is 5.64. The number of aliphatic hydroxyl groups excluding tert-OH is 1. The minimum absolute atomic E-state index is 0.0293. The molecule has 5 nitrogen and oxygen atoms in total. The zero-order chi connectivity index (χ0) is 22.2. The van der Waals surface area contributed by atoms with Gasteiger partial charge in [0.15, 0.2) is 11.0 Å². The van der Waals surface area contributed by atoms with Gasteiger partial charge in [-0.3, -0.25) is 9.78 Å². The molecule has 3 N–H and O–H groups in total. The number of nitrogens with zero attached hydrogens (tertiary/aromatic N) is 2. The molecule has 4 rings (SSSR count). The molecule has 2 heterocycles. The number of carbonyl (C=O) groups excluding carboxylic acids is 1. The number of pyridine rings is 1. The Morgan fingerprint density at radius 1 is 1.39 bits per heavy atom. The molecule has 0 radical (unpaired) electrons. The number of hydrogen-bond donors (Lipinski definition) is 2. The van der Waals surface area contributed by atoms with Gasteiger partial charge in [-0.05, 0) is 36.2 Å². The van der Waals surface area contributed by atoms with E-state index in [0.29, 0.717) is 17.0 Å². The van der Waals surface area contributed by atoms with Crippen LogP contribution in [0.1, 0.15) is 28.0 Å². The number of hydrogen-bond acceptors (Lipinski definition) is 6. The summed E-state index contributed by atoms with van der Waals surface area (Å²) >= 11 is 7.11. The molecule has 31 heavy (non-hydrogen) atoms. The first-order valence-electron chi connectivity index (χ1n) is 9.66. The van der Waals surface area contributed by atoms with Gasteiger partial charge in [-0.2, -0.15) is 0 Å². The van der Waals surface area contributed by atoms with Crippen molar-refractivity contribution in [1.29, 1.82) is 0 Å². The van der Waals surface area contributed by atoms with E-state index in [1.165, 1.54) is 42.2 Å². The van der Waals surface area contributed by atoms with Gasteiger partial charge in [0.2, 0.25) is 0 Å². The maximum atomic E-state index is 14.9. The van der Waals surface area contributed by atoms with Gasteiger partial charge in [0.05, 0.1) is 11.6 Å². The van der Waals surface area contributed by atoms with E-state index < -0.39 is 22.8 Å². The van der Waals surface area contributed by atoms with Crippen molar-refractivity contribution in [3.05, 3.63) is 76.3 Å². The summed E-state index contributed by atoms with van der Waals surface area (Å²) in [6.45, 7) is -1.08. The molecule has 0 spiro atoms. The molecule has 0 amide bonds. The van der Waals surface area contributed by atoms with Crippen LogP contribution in [-0.4, -0.2) is 39.1 Å². The lowest BCUT2D eigenvalue weighted by Gasteiger charge is -2.34. The molecule has 2 aromatic rings. The number of Topliss-reactive ketones (excluding diaryl/α,β-unsaturated/α-hetero) is 1. The number of nitrogens with two attached hydrogens (primary N) is 1. The van der Waals surface area contributed by atoms with Crippen molar-refractivity contribution >= 4 is 34.3 Å². The van der Waals surface area contributed by atoms with Crippen LogP contribution >= 0.6 is 23.4 Å². The summed E-state index contributed by atoms with van der Waals surface area (Å²) in [4.78, 5) is 21.0. The van der Waals surface area contributed by atoms with E-state index in [2.05, 4.69) is 9.98 Å². The van der Waals surface area contributed by atoms with Crippen LogP contribution in [0, 0.1) is 11.7 Å². The Morgan fingerprint density at radius 2 is 2.19 bits per heavy atom. The molecule has 0 unspecified atom stereocenters. The summed E-state index contributed by atoms with van der Waals surface area (Å²) in [6.07, 6.45) is 5.29.